The van der Waals surface area contributed by atoms with E-state index in [0.717, 1.165) is 30.1 Å². The number of imidazole rings is 1. The summed E-state index contributed by atoms with van der Waals surface area (Å²) in [5.74, 6) is 1.06. The number of hydrogen-bond acceptors (Lipinski definition) is 3. The van der Waals surface area contributed by atoms with E-state index in [4.69, 9.17) is 9.84 Å². The fourth-order valence-electron chi connectivity index (χ4n) is 2.12. The van der Waals surface area contributed by atoms with E-state index in [1.165, 1.54) is 0 Å². The minimum atomic E-state index is -0.783. The SMILES string of the molecule is Cn1c(CCC(=O)O)cnc1CCCOc1ccccc1. The summed E-state index contributed by atoms with van der Waals surface area (Å²) in [5, 5.41) is 8.71. The Bertz CT molecular complexity index is 578. The van der Waals surface area contributed by atoms with E-state index in [9.17, 15) is 4.79 Å². The zero-order valence-electron chi connectivity index (χ0n) is 12.2. The van der Waals surface area contributed by atoms with Crippen LogP contribution in [-0.4, -0.2) is 27.2 Å². The van der Waals surface area contributed by atoms with E-state index in [0.29, 0.717) is 13.0 Å². The highest BCUT2D eigenvalue weighted by Gasteiger charge is 2.08. The van der Waals surface area contributed by atoms with Gasteiger partial charge >= 0.3 is 5.97 Å². The van der Waals surface area contributed by atoms with E-state index >= 15 is 0 Å². The summed E-state index contributed by atoms with van der Waals surface area (Å²) in [4.78, 5) is 14.9. The van der Waals surface area contributed by atoms with Crippen molar-refractivity contribution < 1.29 is 14.6 Å². The van der Waals surface area contributed by atoms with Crippen molar-refractivity contribution in [3.63, 3.8) is 0 Å². The van der Waals surface area contributed by atoms with Crippen LogP contribution in [0.1, 0.15) is 24.4 Å². The minimum absolute atomic E-state index is 0.135. The van der Waals surface area contributed by atoms with E-state index in [-0.39, 0.29) is 6.42 Å². The fraction of sp³-hybridized carbons (Fsp3) is 0.375. The summed E-state index contributed by atoms with van der Waals surface area (Å²) in [6.07, 6.45) is 4.10. The third-order valence-electron chi connectivity index (χ3n) is 3.33. The average Bonchev–Trinajstić information content (AvgIpc) is 2.83. The molecule has 0 aliphatic carbocycles. The summed E-state index contributed by atoms with van der Waals surface area (Å²) in [6.45, 7) is 0.640. The van der Waals surface area contributed by atoms with E-state index < -0.39 is 5.97 Å². The van der Waals surface area contributed by atoms with Crippen LogP contribution in [0.4, 0.5) is 0 Å². The molecule has 1 aromatic heterocycles. The second-order valence-corrected chi connectivity index (χ2v) is 4.88. The Morgan fingerprint density at radius 1 is 1.29 bits per heavy atom. The average molecular weight is 288 g/mol. The summed E-state index contributed by atoms with van der Waals surface area (Å²) in [6, 6.07) is 9.72. The number of aliphatic carboxylic acids is 1. The Morgan fingerprint density at radius 2 is 2.05 bits per heavy atom. The molecule has 0 aliphatic rings. The fourth-order valence-corrected chi connectivity index (χ4v) is 2.12. The lowest BCUT2D eigenvalue weighted by molar-refractivity contribution is -0.136. The topological polar surface area (TPSA) is 64.4 Å². The Kier molecular flexibility index (Phi) is 5.37. The van der Waals surface area contributed by atoms with Crippen LogP contribution in [0.15, 0.2) is 36.5 Å². The summed E-state index contributed by atoms with van der Waals surface area (Å²) < 4.78 is 7.62. The highest BCUT2D eigenvalue weighted by atomic mass is 16.5. The van der Waals surface area contributed by atoms with Gasteiger partial charge < -0.3 is 14.4 Å². The molecule has 1 N–H and O–H groups in total. The molecule has 0 spiro atoms. The third kappa shape index (κ3) is 4.63. The monoisotopic (exact) mass is 288 g/mol. The molecule has 0 saturated carbocycles. The van der Waals surface area contributed by atoms with Crippen molar-refractivity contribution in [1.29, 1.82) is 0 Å². The normalized spacial score (nSPS) is 10.5. The molecule has 1 heterocycles. The number of ether oxygens (including phenoxy) is 1. The minimum Gasteiger partial charge on any atom is -0.494 e. The van der Waals surface area contributed by atoms with Gasteiger partial charge in [-0.25, -0.2) is 4.98 Å². The lowest BCUT2D eigenvalue weighted by Gasteiger charge is -2.07. The number of carboxylic acids is 1. The molecular formula is C16H20N2O3. The molecular weight excluding hydrogens is 268 g/mol. The van der Waals surface area contributed by atoms with Crippen molar-refractivity contribution >= 4 is 5.97 Å². The van der Waals surface area contributed by atoms with Gasteiger partial charge in [-0.1, -0.05) is 18.2 Å². The molecule has 0 atom stereocenters. The van der Waals surface area contributed by atoms with Gasteiger partial charge in [-0.15, -0.1) is 0 Å². The second kappa shape index (κ2) is 7.47. The zero-order chi connectivity index (χ0) is 15.1. The van der Waals surface area contributed by atoms with Gasteiger partial charge in [0.25, 0.3) is 0 Å². The van der Waals surface area contributed by atoms with Gasteiger partial charge in [0.2, 0.25) is 0 Å². The Hall–Kier alpha value is -2.30. The molecule has 0 bridgehead atoms. The van der Waals surface area contributed by atoms with Crippen molar-refractivity contribution in [3.8, 4) is 5.75 Å². The molecule has 2 aromatic rings. The van der Waals surface area contributed by atoms with Gasteiger partial charge in [0.1, 0.15) is 11.6 Å². The number of hydrogen-bond donors (Lipinski definition) is 1. The first kappa shape index (κ1) is 15.1. The largest absolute Gasteiger partial charge is 0.494 e. The molecule has 0 unspecified atom stereocenters. The Morgan fingerprint density at radius 3 is 2.76 bits per heavy atom. The molecule has 5 nitrogen and oxygen atoms in total. The number of para-hydroxylation sites is 1. The first-order valence-electron chi connectivity index (χ1n) is 7.06. The summed E-state index contributed by atoms with van der Waals surface area (Å²) >= 11 is 0. The van der Waals surface area contributed by atoms with Crippen LogP contribution in [0, 0.1) is 0 Å². The predicted octanol–water partition coefficient (Wildman–Crippen LogP) is 2.45. The van der Waals surface area contributed by atoms with Crippen LogP contribution >= 0.6 is 0 Å². The van der Waals surface area contributed by atoms with Crippen LogP contribution in [0.3, 0.4) is 0 Å². The number of carboxylic acid groups (broad SMARTS) is 1. The number of nitrogens with zero attached hydrogens (tertiary/aromatic N) is 2. The molecule has 1 aromatic carbocycles. The van der Waals surface area contributed by atoms with Gasteiger partial charge in [-0.3, -0.25) is 4.79 Å². The molecule has 21 heavy (non-hydrogen) atoms. The highest BCUT2D eigenvalue weighted by molar-refractivity contribution is 5.66. The molecule has 112 valence electrons. The Labute approximate surface area is 124 Å². The van der Waals surface area contributed by atoms with Gasteiger partial charge in [0.05, 0.1) is 13.0 Å². The van der Waals surface area contributed by atoms with E-state index in [1.54, 1.807) is 6.20 Å². The van der Waals surface area contributed by atoms with Crippen molar-refractivity contribution in [2.75, 3.05) is 6.61 Å². The molecule has 0 amide bonds. The maximum Gasteiger partial charge on any atom is 0.303 e. The van der Waals surface area contributed by atoms with Gasteiger partial charge in [-0.2, -0.15) is 0 Å². The van der Waals surface area contributed by atoms with Crippen LogP contribution in [0.5, 0.6) is 5.75 Å². The number of rotatable bonds is 8. The van der Waals surface area contributed by atoms with E-state index in [2.05, 4.69) is 4.98 Å². The maximum atomic E-state index is 10.6. The second-order valence-electron chi connectivity index (χ2n) is 4.88. The van der Waals surface area contributed by atoms with Gasteiger partial charge in [0.15, 0.2) is 0 Å². The Balaban J connectivity index is 1.77. The van der Waals surface area contributed by atoms with Crippen molar-refractivity contribution in [3.05, 3.63) is 48.0 Å². The smallest absolute Gasteiger partial charge is 0.303 e. The number of carbonyl (C=O) groups is 1. The number of benzene rings is 1. The van der Waals surface area contributed by atoms with Crippen LogP contribution < -0.4 is 4.74 Å². The van der Waals surface area contributed by atoms with Crippen LogP contribution in [0.25, 0.3) is 0 Å². The third-order valence-corrected chi connectivity index (χ3v) is 3.33. The van der Waals surface area contributed by atoms with E-state index in [1.807, 2.05) is 41.9 Å². The van der Waals surface area contributed by atoms with Crippen LogP contribution in [0.2, 0.25) is 0 Å². The van der Waals surface area contributed by atoms with Gasteiger partial charge in [0, 0.05) is 25.4 Å². The summed E-state index contributed by atoms with van der Waals surface area (Å²) in [5.41, 5.74) is 0.955. The standard InChI is InChI=1S/C16H20N2O3/c1-18-13(9-10-16(19)20)12-17-15(18)8-5-11-21-14-6-3-2-4-7-14/h2-4,6-7,12H,5,8-11H2,1H3,(H,19,20). The molecule has 5 heteroatoms. The molecule has 0 radical (unpaired) electrons. The zero-order valence-corrected chi connectivity index (χ0v) is 12.2. The quantitative estimate of drug-likeness (QED) is 0.758. The maximum absolute atomic E-state index is 10.6. The lowest BCUT2D eigenvalue weighted by Crippen LogP contribution is -2.06. The first-order valence-corrected chi connectivity index (χ1v) is 7.06. The van der Waals surface area contributed by atoms with Crippen LogP contribution in [-0.2, 0) is 24.7 Å². The predicted molar refractivity (Wildman–Crippen MR) is 79.4 cm³/mol. The molecule has 0 aliphatic heterocycles. The lowest BCUT2D eigenvalue weighted by atomic mass is 10.2. The number of aryl methyl sites for hydroxylation is 2. The molecule has 0 saturated heterocycles. The van der Waals surface area contributed by atoms with Gasteiger partial charge in [-0.05, 0) is 25.0 Å². The highest BCUT2D eigenvalue weighted by Crippen LogP contribution is 2.11. The number of aromatic nitrogens is 2. The molecule has 2 rings (SSSR count). The van der Waals surface area contributed by atoms with Crippen molar-refractivity contribution in [2.45, 2.75) is 25.7 Å². The summed E-state index contributed by atoms with van der Waals surface area (Å²) in [7, 11) is 1.93. The first-order chi connectivity index (χ1) is 10.2. The molecule has 0 fully saturated rings. The van der Waals surface area contributed by atoms with Crippen molar-refractivity contribution in [1.82, 2.24) is 9.55 Å². The van der Waals surface area contributed by atoms with Crippen molar-refractivity contribution in [2.24, 2.45) is 7.05 Å².